The van der Waals surface area contributed by atoms with Crippen LogP contribution in [-0.4, -0.2) is 30.9 Å². The van der Waals surface area contributed by atoms with E-state index in [1.54, 1.807) is 25.3 Å². The van der Waals surface area contributed by atoms with Gasteiger partial charge in [0.2, 0.25) is 5.91 Å². The Kier molecular flexibility index (Phi) is 7.27. The first-order chi connectivity index (χ1) is 12.5. The number of nitrogens with one attached hydrogen (secondary N) is 1. The van der Waals surface area contributed by atoms with Crippen molar-refractivity contribution >= 4 is 35.0 Å². The third-order valence-corrected chi connectivity index (χ3v) is 4.59. The molecule has 0 aliphatic carbocycles. The minimum Gasteiger partial charge on any atom is -0.495 e. The fraction of sp³-hybridized carbons (Fsp3) is 0.278. The van der Waals surface area contributed by atoms with Crippen LogP contribution in [0.15, 0.2) is 29.3 Å². The quantitative estimate of drug-likeness (QED) is 0.722. The lowest BCUT2D eigenvalue weighted by Crippen LogP contribution is -2.15. The highest BCUT2D eigenvalue weighted by Gasteiger charge is 2.15. The lowest BCUT2D eigenvalue weighted by Gasteiger charge is -2.12. The molecular formula is C18H18ClN3O3S. The molecule has 0 unspecified atom stereocenters. The molecule has 1 heterocycles. The van der Waals surface area contributed by atoms with E-state index in [1.165, 1.54) is 18.9 Å². The summed E-state index contributed by atoms with van der Waals surface area (Å²) >= 11 is 7.16. The molecule has 0 aliphatic rings. The maximum Gasteiger partial charge on any atom is 0.234 e. The molecule has 0 bridgehead atoms. The summed E-state index contributed by atoms with van der Waals surface area (Å²) in [6.07, 6.45) is 0. The lowest BCUT2D eigenvalue weighted by molar-refractivity contribution is -0.113. The number of hydrogen-bond donors (Lipinski definition) is 1. The number of aromatic nitrogens is 1. The first-order valence-electron chi connectivity index (χ1n) is 7.64. The highest BCUT2D eigenvalue weighted by Crippen LogP contribution is 2.29. The molecule has 1 aromatic carbocycles. The second-order valence-corrected chi connectivity index (χ2v) is 6.73. The number of ether oxygens (including phenoxy) is 2. The van der Waals surface area contributed by atoms with E-state index >= 15 is 0 Å². The second-order valence-electron chi connectivity index (χ2n) is 5.33. The van der Waals surface area contributed by atoms with Gasteiger partial charge in [-0.2, -0.15) is 5.26 Å². The van der Waals surface area contributed by atoms with E-state index in [0.29, 0.717) is 33.7 Å². The summed E-state index contributed by atoms with van der Waals surface area (Å²) in [5.41, 5.74) is 2.43. The van der Waals surface area contributed by atoms with Crippen molar-refractivity contribution in [2.45, 2.75) is 18.6 Å². The van der Waals surface area contributed by atoms with Crippen molar-refractivity contribution in [3.05, 3.63) is 46.1 Å². The zero-order valence-electron chi connectivity index (χ0n) is 14.6. The number of nitriles is 1. The molecule has 0 atom stereocenters. The van der Waals surface area contributed by atoms with Crippen molar-refractivity contribution in [3.8, 4) is 11.8 Å². The number of aryl methyl sites for hydroxylation is 1. The molecule has 0 fully saturated rings. The number of hydrogen-bond acceptors (Lipinski definition) is 6. The molecule has 0 spiro atoms. The Balaban J connectivity index is 2.13. The average molecular weight is 392 g/mol. The summed E-state index contributed by atoms with van der Waals surface area (Å²) in [6, 6.07) is 8.92. The highest BCUT2D eigenvalue weighted by molar-refractivity contribution is 8.00. The van der Waals surface area contributed by atoms with Crippen molar-refractivity contribution < 1.29 is 14.3 Å². The third-order valence-electron chi connectivity index (χ3n) is 3.38. The molecule has 2 aromatic rings. The Hall–Kier alpha value is -2.27. The standard InChI is InChI=1S/C18H18ClN3O3S/c1-11-6-12(9-24-2)14(8-20)18(21-11)26-10-17(23)22-15-7-13(19)4-5-16(15)25-3/h4-7H,9-10H2,1-3H3,(H,22,23). The minimum atomic E-state index is -0.254. The number of thioether (sulfide) groups is 1. The molecule has 0 saturated heterocycles. The summed E-state index contributed by atoms with van der Waals surface area (Å²) in [5.74, 6) is 0.352. The Labute approximate surface area is 161 Å². The molecule has 26 heavy (non-hydrogen) atoms. The number of carbonyl (C=O) groups excluding carboxylic acids is 1. The Morgan fingerprint density at radius 2 is 2.15 bits per heavy atom. The molecule has 6 nitrogen and oxygen atoms in total. The first kappa shape index (κ1) is 20.0. The van der Waals surface area contributed by atoms with Crippen LogP contribution in [0.25, 0.3) is 0 Å². The van der Waals surface area contributed by atoms with Gasteiger partial charge in [-0.05, 0) is 36.8 Å². The van der Waals surface area contributed by atoms with Crippen LogP contribution in [0.1, 0.15) is 16.8 Å². The number of benzene rings is 1. The molecule has 0 saturated carbocycles. The van der Waals surface area contributed by atoms with Gasteiger partial charge in [0.05, 0.1) is 30.7 Å². The van der Waals surface area contributed by atoms with Crippen LogP contribution in [-0.2, 0) is 16.1 Å². The Bertz CT molecular complexity index is 852. The summed E-state index contributed by atoms with van der Waals surface area (Å²) in [5, 5.41) is 13.2. The molecule has 136 valence electrons. The monoisotopic (exact) mass is 391 g/mol. The largest absolute Gasteiger partial charge is 0.495 e. The van der Waals surface area contributed by atoms with E-state index in [0.717, 1.165) is 11.3 Å². The van der Waals surface area contributed by atoms with Crippen LogP contribution >= 0.6 is 23.4 Å². The topological polar surface area (TPSA) is 84.2 Å². The van der Waals surface area contributed by atoms with Crippen LogP contribution in [0, 0.1) is 18.3 Å². The third kappa shape index (κ3) is 5.11. The molecule has 0 aliphatic heterocycles. The number of rotatable bonds is 7. The zero-order valence-corrected chi connectivity index (χ0v) is 16.2. The number of amides is 1. The van der Waals surface area contributed by atoms with Gasteiger partial charge in [0.1, 0.15) is 16.8 Å². The summed E-state index contributed by atoms with van der Waals surface area (Å²) in [4.78, 5) is 16.7. The van der Waals surface area contributed by atoms with E-state index in [1.807, 2.05) is 13.0 Å². The number of pyridine rings is 1. The fourth-order valence-electron chi connectivity index (χ4n) is 2.30. The predicted molar refractivity (Wildman–Crippen MR) is 102 cm³/mol. The summed E-state index contributed by atoms with van der Waals surface area (Å²) < 4.78 is 10.3. The van der Waals surface area contributed by atoms with E-state index < -0.39 is 0 Å². The van der Waals surface area contributed by atoms with Crippen molar-refractivity contribution in [2.24, 2.45) is 0 Å². The Morgan fingerprint density at radius 1 is 1.38 bits per heavy atom. The maximum atomic E-state index is 12.3. The van der Waals surface area contributed by atoms with Crippen molar-refractivity contribution in [1.29, 1.82) is 5.26 Å². The molecule has 0 radical (unpaired) electrons. The average Bonchev–Trinajstić information content (AvgIpc) is 2.60. The van der Waals surface area contributed by atoms with Gasteiger partial charge in [-0.1, -0.05) is 23.4 Å². The number of anilines is 1. The van der Waals surface area contributed by atoms with E-state index in [4.69, 9.17) is 21.1 Å². The van der Waals surface area contributed by atoms with Crippen molar-refractivity contribution in [1.82, 2.24) is 4.98 Å². The predicted octanol–water partition coefficient (Wildman–Crippen LogP) is 3.80. The molecule has 1 N–H and O–H groups in total. The van der Waals surface area contributed by atoms with E-state index in [9.17, 15) is 10.1 Å². The highest BCUT2D eigenvalue weighted by atomic mass is 35.5. The van der Waals surface area contributed by atoms with E-state index in [-0.39, 0.29) is 11.7 Å². The van der Waals surface area contributed by atoms with Gasteiger partial charge in [-0.25, -0.2) is 4.98 Å². The van der Waals surface area contributed by atoms with Gasteiger partial charge in [0.15, 0.2) is 0 Å². The molecule has 8 heteroatoms. The van der Waals surface area contributed by atoms with Crippen LogP contribution in [0.4, 0.5) is 5.69 Å². The molecule has 1 aromatic heterocycles. The number of carbonyl (C=O) groups is 1. The minimum absolute atomic E-state index is 0.0905. The summed E-state index contributed by atoms with van der Waals surface area (Å²) in [7, 11) is 3.08. The van der Waals surface area contributed by atoms with Crippen LogP contribution in [0.3, 0.4) is 0 Å². The molecular weight excluding hydrogens is 374 g/mol. The molecule has 2 rings (SSSR count). The normalized spacial score (nSPS) is 10.3. The number of nitrogens with zero attached hydrogens (tertiary/aromatic N) is 2. The summed E-state index contributed by atoms with van der Waals surface area (Å²) in [6.45, 7) is 2.15. The van der Waals surface area contributed by atoms with Crippen molar-refractivity contribution in [3.63, 3.8) is 0 Å². The number of halogens is 1. The van der Waals surface area contributed by atoms with Gasteiger partial charge in [-0.3, -0.25) is 4.79 Å². The van der Waals surface area contributed by atoms with Crippen LogP contribution in [0.5, 0.6) is 5.75 Å². The van der Waals surface area contributed by atoms with Gasteiger partial charge in [0, 0.05) is 17.8 Å². The van der Waals surface area contributed by atoms with Gasteiger partial charge < -0.3 is 14.8 Å². The lowest BCUT2D eigenvalue weighted by atomic mass is 10.1. The van der Waals surface area contributed by atoms with E-state index in [2.05, 4.69) is 16.4 Å². The molecule has 1 amide bonds. The first-order valence-corrected chi connectivity index (χ1v) is 9.00. The Morgan fingerprint density at radius 3 is 2.81 bits per heavy atom. The maximum absolute atomic E-state index is 12.3. The number of methoxy groups -OCH3 is 2. The van der Waals surface area contributed by atoms with Gasteiger partial charge in [-0.15, -0.1) is 0 Å². The fourth-order valence-corrected chi connectivity index (χ4v) is 3.34. The van der Waals surface area contributed by atoms with Crippen LogP contribution < -0.4 is 10.1 Å². The van der Waals surface area contributed by atoms with Crippen molar-refractivity contribution in [2.75, 3.05) is 25.3 Å². The van der Waals surface area contributed by atoms with Crippen LogP contribution in [0.2, 0.25) is 5.02 Å². The zero-order chi connectivity index (χ0) is 19.1. The SMILES string of the molecule is COCc1cc(C)nc(SCC(=O)Nc2cc(Cl)ccc2OC)c1C#N. The second kappa shape index (κ2) is 9.43. The van der Waals surface area contributed by atoms with Gasteiger partial charge >= 0.3 is 0 Å². The smallest absolute Gasteiger partial charge is 0.234 e. The van der Waals surface area contributed by atoms with Gasteiger partial charge in [0.25, 0.3) is 0 Å².